The molecular formula is C7H13NS. The summed E-state index contributed by atoms with van der Waals surface area (Å²) in [5, 5.41) is 2.92. The van der Waals surface area contributed by atoms with Crippen molar-refractivity contribution in [2.45, 2.75) is 19.2 Å². The summed E-state index contributed by atoms with van der Waals surface area (Å²) < 4.78 is 0. The van der Waals surface area contributed by atoms with E-state index in [0.717, 1.165) is 6.54 Å². The van der Waals surface area contributed by atoms with Crippen molar-refractivity contribution in [2.75, 3.05) is 13.6 Å². The fraction of sp³-hybridized carbons (Fsp3) is 0.714. The third-order valence-corrected chi connectivity index (χ3v) is 2.88. The molecule has 9 heavy (non-hydrogen) atoms. The van der Waals surface area contributed by atoms with Gasteiger partial charge in [-0.2, -0.15) is 0 Å². The van der Waals surface area contributed by atoms with E-state index in [4.69, 9.17) is 0 Å². The van der Waals surface area contributed by atoms with Crippen LogP contribution in [-0.4, -0.2) is 23.9 Å². The molecule has 0 fully saturated rings. The molecule has 1 heterocycles. The SMILES string of the molecule is CC1=CSC(C)N(C)C1. The monoisotopic (exact) mass is 143 g/mol. The van der Waals surface area contributed by atoms with Crippen molar-refractivity contribution < 1.29 is 0 Å². The smallest absolute Gasteiger partial charge is 0.0570 e. The Bertz CT molecular complexity index is 131. The van der Waals surface area contributed by atoms with Gasteiger partial charge in [-0.3, -0.25) is 4.90 Å². The number of rotatable bonds is 0. The zero-order chi connectivity index (χ0) is 6.85. The predicted molar refractivity (Wildman–Crippen MR) is 43.4 cm³/mol. The summed E-state index contributed by atoms with van der Waals surface area (Å²) >= 11 is 1.90. The van der Waals surface area contributed by atoms with Gasteiger partial charge in [0.15, 0.2) is 0 Å². The molecular weight excluding hydrogens is 130 g/mol. The van der Waals surface area contributed by atoms with Crippen LogP contribution in [0.3, 0.4) is 0 Å². The fourth-order valence-electron chi connectivity index (χ4n) is 0.878. The molecule has 0 spiro atoms. The lowest BCUT2D eigenvalue weighted by Crippen LogP contribution is -2.29. The quantitative estimate of drug-likeness (QED) is 0.509. The van der Waals surface area contributed by atoms with Crippen LogP contribution in [0.1, 0.15) is 13.8 Å². The molecule has 1 atom stereocenters. The predicted octanol–water partition coefficient (Wildman–Crippen LogP) is 1.91. The van der Waals surface area contributed by atoms with Crippen LogP contribution in [-0.2, 0) is 0 Å². The number of likely N-dealkylation sites (N-methyl/N-ethyl adjacent to an activating group) is 1. The minimum absolute atomic E-state index is 0.661. The van der Waals surface area contributed by atoms with Crippen molar-refractivity contribution in [3.8, 4) is 0 Å². The molecule has 0 radical (unpaired) electrons. The van der Waals surface area contributed by atoms with Gasteiger partial charge in [-0.05, 0) is 26.3 Å². The first-order chi connectivity index (χ1) is 4.20. The highest BCUT2D eigenvalue weighted by atomic mass is 32.2. The molecule has 1 nitrogen and oxygen atoms in total. The van der Waals surface area contributed by atoms with Gasteiger partial charge in [-0.25, -0.2) is 0 Å². The van der Waals surface area contributed by atoms with E-state index in [1.54, 1.807) is 0 Å². The van der Waals surface area contributed by atoms with Crippen molar-refractivity contribution in [1.29, 1.82) is 0 Å². The van der Waals surface area contributed by atoms with Crippen LogP contribution in [0.2, 0.25) is 0 Å². The summed E-state index contributed by atoms with van der Waals surface area (Å²) in [6.07, 6.45) is 0. The zero-order valence-corrected chi connectivity index (χ0v) is 7.03. The van der Waals surface area contributed by atoms with Crippen LogP contribution in [0.4, 0.5) is 0 Å². The minimum atomic E-state index is 0.661. The first-order valence-electron chi connectivity index (χ1n) is 3.21. The summed E-state index contributed by atoms with van der Waals surface area (Å²) in [6.45, 7) is 5.54. The van der Waals surface area contributed by atoms with Crippen molar-refractivity contribution in [3.05, 3.63) is 11.0 Å². The second-order valence-corrected chi connectivity index (χ2v) is 3.80. The standard InChI is InChI=1S/C7H13NS/c1-6-4-8(3)7(2)9-5-6/h5,7H,4H2,1-3H3. The maximum absolute atomic E-state index is 2.35. The summed E-state index contributed by atoms with van der Waals surface area (Å²) in [5.74, 6) is 0. The van der Waals surface area contributed by atoms with Crippen LogP contribution in [0.25, 0.3) is 0 Å². The Morgan fingerprint density at radius 3 is 2.89 bits per heavy atom. The van der Waals surface area contributed by atoms with E-state index < -0.39 is 0 Å². The van der Waals surface area contributed by atoms with Gasteiger partial charge in [-0.1, -0.05) is 5.57 Å². The molecule has 2 heteroatoms. The Morgan fingerprint density at radius 2 is 2.44 bits per heavy atom. The van der Waals surface area contributed by atoms with Gasteiger partial charge in [0.25, 0.3) is 0 Å². The Morgan fingerprint density at radius 1 is 1.78 bits per heavy atom. The molecule has 0 saturated carbocycles. The fourth-order valence-corrected chi connectivity index (χ4v) is 1.66. The Hall–Kier alpha value is 0.0500. The van der Waals surface area contributed by atoms with Gasteiger partial charge in [0.1, 0.15) is 0 Å². The van der Waals surface area contributed by atoms with Gasteiger partial charge >= 0.3 is 0 Å². The highest BCUT2D eigenvalue weighted by Crippen LogP contribution is 2.22. The first kappa shape index (κ1) is 7.16. The van der Waals surface area contributed by atoms with Crippen molar-refractivity contribution in [3.63, 3.8) is 0 Å². The van der Waals surface area contributed by atoms with Gasteiger partial charge in [0, 0.05) is 6.54 Å². The van der Waals surface area contributed by atoms with E-state index in [-0.39, 0.29) is 0 Å². The van der Waals surface area contributed by atoms with E-state index in [1.807, 2.05) is 11.8 Å². The topological polar surface area (TPSA) is 3.24 Å². The highest BCUT2D eigenvalue weighted by Gasteiger charge is 2.12. The van der Waals surface area contributed by atoms with E-state index in [2.05, 4.69) is 31.2 Å². The largest absolute Gasteiger partial charge is 0.291 e. The number of nitrogens with zero attached hydrogens (tertiary/aromatic N) is 1. The minimum Gasteiger partial charge on any atom is -0.291 e. The average molecular weight is 143 g/mol. The third-order valence-electron chi connectivity index (χ3n) is 1.59. The van der Waals surface area contributed by atoms with Crippen LogP contribution in [0.5, 0.6) is 0 Å². The van der Waals surface area contributed by atoms with Crippen LogP contribution in [0, 0.1) is 0 Å². The van der Waals surface area contributed by atoms with Gasteiger partial charge in [-0.15, -0.1) is 11.8 Å². The molecule has 1 unspecified atom stereocenters. The molecule has 1 rings (SSSR count). The second-order valence-electron chi connectivity index (χ2n) is 2.61. The number of hydrogen-bond acceptors (Lipinski definition) is 2. The van der Waals surface area contributed by atoms with Gasteiger partial charge in [0.05, 0.1) is 5.37 Å². The molecule has 0 N–H and O–H groups in total. The van der Waals surface area contributed by atoms with Crippen LogP contribution < -0.4 is 0 Å². The Kier molecular flexibility index (Phi) is 2.19. The van der Waals surface area contributed by atoms with Crippen molar-refractivity contribution >= 4 is 11.8 Å². The van der Waals surface area contributed by atoms with E-state index in [1.165, 1.54) is 5.57 Å². The maximum Gasteiger partial charge on any atom is 0.0570 e. The van der Waals surface area contributed by atoms with Gasteiger partial charge in [0.2, 0.25) is 0 Å². The molecule has 1 aliphatic heterocycles. The van der Waals surface area contributed by atoms with E-state index in [0.29, 0.717) is 5.37 Å². The van der Waals surface area contributed by atoms with E-state index >= 15 is 0 Å². The number of hydrogen-bond donors (Lipinski definition) is 0. The highest BCUT2D eigenvalue weighted by molar-refractivity contribution is 8.02. The lowest BCUT2D eigenvalue weighted by molar-refractivity contribution is 0.353. The summed E-state index contributed by atoms with van der Waals surface area (Å²) in [6, 6.07) is 0. The zero-order valence-electron chi connectivity index (χ0n) is 6.22. The summed E-state index contributed by atoms with van der Waals surface area (Å²) in [5.41, 5.74) is 1.47. The molecule has 0 bridgehead atoms. The molecule has 0 aromatic heterocycles. The molecule has 0 aromatic carbocycles. The number of thioether (sulfide) groups is 1. The Labute approximate surface area is 61.1 Å². The Balaban J connectivity index is 2.54. The molecule has 0 amide bonds. The molecule has 52 valence electrons. The average Bonchev–Trinajstić information content (AvgIpc) is 1.80. The van der Waals surface area contributed by atoms with Crippen molar-refractivity contribution in [2.24, 2.45) is 0 Å². The molecule has 0 aromatic rings. The van der Waals surface area contributed by atoms with E-state index in [9.17, 15) is 0 Å². The molecule has 0 aliphatic carbocycles. The lowest BCUT2D eigenvalue weighted by atomic mass is 10.3. The maximum atomic E-state index is 2.35. The first-order valence-corrected chi connectivity index (χ1v) is 4.16. The van der Waals surface area contributed by atoms with Gasteiger partial charge < -0.3 is 0 Å². The normalized spacial score (nSPS) is 30.1. The molecule has 0 saturated heterocycles. The second kappa shape index (κ2) is 2.76. The summed E-state index contributed by atoms with van der Waals surface area (Å²) in [7, 11) is 2.16. The van der Waals surface area contributed by atoms with Crippen LogP contribution >= 0.6 is 11.8 Å². The van der Waals surface area contributed by atoms with Crippen LogP contribution in [0.15, 0.2) is 11.0 Å². The van der Waals surface area contributed by atoms with Crippen molar-refractivity contribution in [1.82, 2.24) is 4.90 Å². The summed E-state index contributed by atoms with van der Waals surface area (Å²) in [4.78, 5) is 2.35. The molecule has 1 aliphatic rings. The third kappa shape index (κ3) is 1.73. The lowest BCUT2D eigenvalue weighted by Gasteiger charge is -2.27.